The number of esters is 1. The van der Waals surface area contributed by atoms with Crippen LogP contribution in [-0.4, -0.2) is 23.8 Å². The van der Waals surface area contributed by atoms with Gasteiger partial charge in [-0.1, -0.05) is 0 Å². The van der Waals surface area contributed by atoms with Crippen molar-refractivity contribution in [2.75, 3.05) is 6.61 Å². The number of ether oxygens (including phenoxy) is 1. The molecule has 0 aliphatic heterocycles. The fourth-order valence-electron chi connectivity index (χ4n) is 2.40. The minimum absolute atomic E-state index is 0.0561. The standard InChI is InChI=1S/C9H14O3/c1-2-12-9(11)8-6-3-5(10)4-7(6)8/h5-8,10H,2-4H2,1H3/t5?,6-,7?,8?/m0/s1. The Morgan fingerprint density at radius 1 is 1.50 bits per heavy atom. The SMILES string of the molecule is CCOC(=O)C1C2CC(O)C[C@@H]21. The van der Waals surface area contributed by atoms with Crippen LogP contribution in [0.25, 0.3) is 0 Å². The highest BCUT2D eigenvalue weighted by molar-refractivity contribution is 5.76. The monoisotopic (exact) mass is 170 g/mol. The molecule has 3 nitrogen and oxygen atoms in total. The number of fused-ring (bicyclic) bond motifs is 1. The Labute approximate surface area is 71.7 Å². The molecule has 0 radical (unpaired) electrons. The lowest BCUT2D eigenvalue weighted by Crippen LogP contribution is -2.14. The fourth-order valence-corrected chi connectivity index (χ4v) is 2.40. The largest absolute Gasteiger partial charge is 0.466 e. The molecule has 2 saturated carbocycles. The van der Waals surface area contributed by atoms with Crippen molar-refractivity contribution in [1.29, 1.82) is 0 Å². The van der Waals surface area contributed by atoms with E-state index in [9.17, 15) is 9.90 Å². The van der Waals surface area contributed by atoms with Crippen molar-refractivity contribution in [3.63, 3.8) is 0 Å². The minimum Gasteiger partial charge on any atom is -0.466 e. The van der Waals surface area contributed by atoms with E-state index in [-0.39, 0.29) is 18.0 Å². The van der Waals surface area contributed by atoms with Crippen LogP contribution in [0.1, 0.15) is 19.8 Å². The average molecular weight is 170 g/mol. The van der Waals surface area contributed by atoms with Gasteiger partial charge in [0.1, 0.15) is 0 Å². The van der Waals surface area contributed by atoms with Gasteiger partial charge in [-0.05, 0) is 31.6 Å². The summed E-state index contributed by atoms with van der Waals surface area (Å²) in [5.74, 6) is 0.922. The molecule has 3 heteroatoms. The van der Waals surface area contributed by atoms with Crippen molar-refractivity contribution in [3.8, 4) is 0 Å². The number of carbonyl (C=O) groups is 1. The Morgan fingerprint density at radius 3 is 2.58 bits per heavy atom. The summed E-state index contributed by atoms with van der Waals surface area (Å²) in [4.78, 5) is 11.2. The summed E-state index contributed by atoms with van der Waals surface area (Å²) in [6, 6.07) is 0. The lowest BCUT2D eigenvalue weighted by molar-refractivity contribution is -0.145. The van der Waals surface area contributed by atoms with Crippen molar-refractivity contribution in [2.45, 2.75) is 25.9 Å². The summed E-state index contributed by atoms with van der Waals surface area (Å²) < 4.78 is 4.92. The van der Waals surface area contributed by atoms with E-state index in [0.717, 1.165) is 12.8 Å². The van der Waals surface area contributed by atoms with Crippen LogP contribution in [0.15, 0.2) is 0 Å². The van der Waals surface area contributed by atoms with Crippen LogP contribution in [0, 0.1) is 17.8 Å². The van der Waals surface area contributed by atoms with Gasteiger partial charge in [-0.25, -0.2) is 0 Å². The Morgan fingerprint density at radius 2 is 2.08 bits per heavy atom. The van der Waals surface area contributed by atoms with Crippen LogP contribution in [-0.2, 0) is 9.53 Å². The lowest BCUT2D eigenvalue weighted by atomic mass is 10.1. The summed E-state index contributed by atoms with van der Waals surface area (Å²) in [6.45, 7) is 2.29. The Bertz CT molecular complexity index is 190. The zero-order valence-electron chi connectivity index (χ0n) is 7.19. The summed E-state index contributed by atoms with van der Waals surface area (Å²) in [6.07, 6.45) is 1.44. The predicted octanol–water partition coefficient (Wildman–Crippen LogP) is 0.566. The van der Waals surface area contributed by atoms with Gasteiger partial charge in [0.25, 0.3) is 0 Å². The van der Waals surface area contributed by atoms with Crippen molar-refractivity contribution >= 4 is 5.97 Å². The van der Waals surface area contributed by atoms with E-state index in [4.69, 9.17) is 4.74 Å². The second-order valence-corrected chi connectivity index (χ2v) is 3.73. The highest BCUT2D eigenvalue weighted by atomic mass is 16.5. The molecule has 2 fully saturated rings. The zero-order valence-corrected chi connectivity index (χ0v) is 7.19. The number of aliphatic hydroxyl groups excluding tert-OH is 1. The van der Waals surface area contributed by atoms with Crippen LogP contribution in [0.2, 0.25) is 0 Å². The molecule has 0 heterocycles. The van der Waals surface area contributed by atoms with E-state index in [2.05, 4.69) is 0 Å². The van der Waals surface area contributed by atoms with Gasteiger partial charge in [0.15, 0.2) is 0 Å². The highest BCUT2D eigenvalue weighted by Crippen LogP contribution is 2.57. The van der Waals surface area contributed by atoms with Gasteiger partial charge < -0.3 is 9.84 Å². The van der Waals surface area contributed by atoms with Gasteiger partial charge in [-0.3, -0.25) is 4.79 Å². The maximum Gasteiger partial charge on any atom is 0.309 e. The first-order valence-corrected chi connectivity index (χ1v) is 4.58. The van der Waals surface area contributed by atoms with E-state index in [1.54, 1.807) is 0 Å². The highest BCUT2D eigenvalue weighted by Gasteiger charge is 2.60. The van der Waals surface area contributed by atoms with Crippen molar-refractivity contribution in [2.24, 2.45) is 17.8 Å². The predicted molar refractivity (Wildman–Crippen MR) is 42.3 cm³/mol. The number of hydrogen-bond donors (Lipinski definition) is 1. The molecule has 0 amide bonds. The Balaban J connectivity index is 1.85. The normalized spacial score (nSPS) is 43.8. The second kappa shape index (κ2) is 2.73. The van der Waals surface area contributed by atoms with Crippen LogP contribution in [0.3, 0.4) is 0 Å². The first kappa shape index (κ1) is 8.05. The van der Waals surface area contributed by atoms with Gasteiger partial charge in [-0.2, -0.15) is 0 Å². The van der Waals surface area contributed by atoms with E-state index in [1.807, 2.05) is 6.92 Å². The molecule has 68 valence electrons. The van der Waals surface area contributed by atoms with E-state index in [0.29, 0.717) is 18.4 Å². The maximum absolute atomic E-state index is 11.2. The second-order valence-electron chi connectivity index (χ2n) is 3.73. The Hall–Kier alpha value is -0.570. The summed E-state index contributed by atoms with van der Waals surface area (Å²) in [7, 11) is 0. The van der Waals surface area contributed by atoms with Gasteiger partial charge in [0, 0.05) is 0 Å². The summed E-state index contributed by atoms with van der Waals surface area (Å²) in [5, 5.41) is 9.21. The number of aliphatic hydroxyl groups is 1. The molecular weight excluding hydrogens is 156 g/mol. The molecule has 0 spiro atoms. The summed E-state index contributed by atoms with van der Waals surface area (Å²) >= 11 is 0. The molecular formula is C9H14O3. The van der Waals surface area contributed by atoms with Crippen LogP contribution in [0.5, 0.6) is 0 Å². The molecule has 3 unspecified atom stereocenters. The molecule has 0 aromatic rings. The van der Waals surface area contributed by atoms with Gasteiger partial charge in [0.2, 0.25) is 0 Å². The first-order chi connectivity index (χ1) is 5.74. The van der Waals surface area contributed by atoms with Gasteiger partial charge >= 0.3 is 5.97 Å². The van der Waals surface area contributed by atoms with Crippen LogP contribution < -0.4 is 0 Å². The molecule has 0 bridgehead atoms. The molecule has 12 heavy (non-hydrogen) atoms. The quantitative estimate of drug-likeness (QED) is 0.616. The van der Waals surface area contributed by atoms with Crippen molar-refractivity contribution < 1.29 is 14.6 Å². The van der Waals surface area contributed by atoms with Crippen LogP contribution >= 0.6 is 0 Å². The summed E-state index contributed by atoms with van der Waals surface area (Å²) in [5.41, 5.74) is 0. The number of carbonyl (C=O) groups excluding carboxylic acids is 1. The lowest BCUT2D eigenvalue weighted by Gasteiger charge is -2.06. The van der Waals surface area contributed by atoms with E-state index < -0.39 is 0 Å². The third kappa shape index (κ3) is 1.12. The van der Waals surface area contributed by atoms with Gasteiger partial charge in [-0.15, -0.1) is 0 Å². The fraction of sp³-hybridized carbons (Fsp3) is 0.889. The van der Waals surface area contributed by atoms with E-state index >= 15 is 0 Å². The minimum atomic E-state index is -0.161. The molecule has 2 aliphatic carbocycles. The number of hydrogen-bond acceptors (Lipinski definition) is 3. The third-order valence-corrected chi connectivity index (χ3v) is 2.98. The molecule has 4 atom stereocenters. The third-order valence-electron chi connectivity index (χ3n) is 2.98. The molecule has 0 aromatic carbocycles. The first-order valence-electron chi connectivity index (χ1n) is 4.58. The smallest absolute Gasteiger partial charge is 0.309 e. The maximum atomic E-state index is 11.2. The molecule has 0 saturated heterocycles. The zero-order chi connectivity index (χ0) is 8.72. The van der Waals surface area contributed by atoms with E-state index in [1.165, 1.54) is 0 Å². The van der Waals surface area contributed by atoms with Crippen LogP contribution in [0.4, 0.5) is 0 Å². The van der Waals surface area contributed by atoms with Crippen molar-refractivity contribution in [1.82, 2.24) is 0 Å². The topological polar surface area (TPSA) is 46.5 Å². The molecule has 2 aliphatic rings. The molecule has 2 rings (SSSR count). The number of rotatable bonds is 2. The average Bonchev–Trinajstić information content (AvgIpc) is 2.51. The Kier molecular flexibility index (Phi) is 1.83. The van der Waals surface area contributed by atoms with Gasteiger partial charge in [0.05, 0.1) is 18.6 Å². The van der Waals surface area contributed by atoms with Crippen molar-refractivity contribution in [3.05, 3.63) is 0 Å². The molecule has 1 N–H and O–H groups in total. The molecule has 0 aromatic heterocycles.